The molecule has 2 heterocycles. The Bertz CT molecular complexity index is 859. The van der Waals surface area contributed by atoms with Gasteiger partial charge < -0.3 is 20.1 Å². The first-order chi connectivity index (χ1) is 12.6. The van der Waals surface area contributed by atoms with E-state index < -0.39 is 0 Å². The van der Waals surface area contributed by atoms with Crippen LogP contribution in [-0.2, 0) is 19.4 Å². The summed E-state index contributed by atoms with van der Waals surface area (Å²) < 4.78 is 11.5. The van der Waals surface area contributed by atoms with Crippen molar-refractivity contribution in [3.63, 3.8) is 0 Å². The van der Waals surface area contributed by atoms with Gasteiger partial charge in [0.2, 0.25) is 0 Å². The Morgan fingerprint density at radius 2 is 1.96 bits per heavy atom. The van der Waals surface area contributed by atoms with Crippen molar-refractivity contribution in [3.05, 3.63) is 52.6 Å². The highest BCUT2D eigenvalue weighted by Gasteiger charge is 2.26. The van der Waals surface area contributed by atoms with E-state index in [1.807, 2.05) is 0 Å². The van der Waals surface area contributed by atoms with Crippen LogP contribution < -0.4 is 20.1 Å². The maximum Gasteiger partial charge on any atom is 0.319 e. The molecule has 2 aromatic rings. The molecule has 0 atom stereocenters. The number of amides is 2. The number of carbonyl (C=O) groups excluding carboxylic acids is 2. The van der Waals surface area contributed by atoms with Gasteiger partial charge >= 0.3 is 6.03 Å². The SMILES string of the molecule is CC(=O)c1cccc(NC(=O)NCc2c3c(cc4c2OCC4)OCC3)c1. The third-order valence-corrected chi connectivity index (χ3v) is 4.71. The zero-order valence-corrected chi connectivity index (χ0v) is 14.6. The number of rotatable bonds is 4. The number of ether oxygens (including phenoxy) is 2. The first-order valence-electron chi connectivity index (χ1n) is 8.71. The molecule has 6 nitrogen and oxygen atoms in total. The zero-order chi connectivity index (χ0) is 18.1. The van der Waals surface area contributed by atoms with E-state index >= 15 is 0 Å². The quantitative estimate of drug-likeness (QED) is 0.829. The van der Waals surface area contributed by atoms with Gasteiger partial charge in [0.05, 0.1) is 13.2 Å². The van der Waals surface area contributed by atoms with Crippen LogP contribution in [-0.4, -0.2) is 25.0 Å². The van der Waals surface area contributed by atoms with Gasteiger partial charge in [-0.05, 0) is 25.1 Å². The fourth-order valence-corrected chi connectivity index (χ4v) is 3.43. The molecule has 0 fully saturated rings. The van der Waals surface area contributed by atoms with Gasteiger partial charge in [0, 0.05) is 47.3 Å². The molecule has 0 aromatic heterocycles. The smallest absolute Gasteiger partial charge is 0.319 e. The fraction of sp³-hybridized carbons (Fsp3) is 0.300. The van der Waals surface area contributed by atoms with Crippen LogP contribution in [0.15, 0.2) is 30.3 Å². The maximum atomic E-state index is 12.3. The van der Waals surface area contributed by atoms with Crippen molar-refractivity contribution in [1.82, 2.24) is 5.32 Å². The van der Waals surface area contributed by atoms with E-state index in [1.54, 1.807) is 24.3 Å². The fourth-order valence-electron chi connectivity index (χ4n) is 3.43. The lowest BCUT2D eigenvalue weighted by Crippen LogP contribution is -2.28. The molecule has 0 bridgehead atoms. The highest BCUT2D eigenvalue weighted by molar-refractivity contribution is 5.96. The van der Waals surface area contributed by atoms with Crippen LogP contribution in [0.3, 0.4) is 0 Å². The summed E-state index contributed by atoms with van der Waals surface area (Å²) in [7, 11) is 0. The average Bonchev–Trinajstić information content (AvgIpc) is 3.27. The maximum absolute atomic E-state index is 12.3. The normalized spacial score (nSPS) is 14.0. The summed E-state index contributed by atoms with van der Waals surface area (Å²) in [5, 5.41) is 5.65. The lowest BCUT2D eigenvalue weighted by atomic mass is 9.99. The molecular weight excluding hydrogens is 332 g/mol. The Hall–Kier alpha value is -3.02. The summed E-state index contributed by atoms with van der Waals surface area (Å²) in [6.45, 7) is 3.19. The standard InChI is InChI=1S/C20H20N2O4/c1-12(23)13-3-2-4-15(9-13)22-20(24)21-11-17-16-6-8-25-18(16)10-14-5-7-26-19(14)17/h2-4,9-10H,5-8,11H2,1H3,(H2,21,22,24). The predicted molar refractivity (Wildman–Crippen MR) is 97.1 cm³/mol. The van der Waals surface area contributed by atoms with Crippen LogP contribution in [0.2, 0.25) is 0 Å². The number of carbonyl (C=O) groups is 2. The van der Waals surface area contributed by atoms with Crippen LogP contribution in [0.25, 0.3) is 0 Å². The highest BCUT2D eigenvalue weighted by Crippen LogP contribution is 2.40. The largest absolute Gasteiger partial charge is 0.493 e. The molecule has 0 radical (unpaired) electrons. The van der Waals surface area contributed by atoms with Gasteiger partial charge in [-0.2, -0.15) is 0 Å². The van der Waals surface area contributed by atoms with Gasteiger partial charge in [-0.1, -0.05) is 12.1 Å². The van der Waals surface area contributed by atoms with Crippen molar-refractivity contribution in [3.8, 4) is 11.5 Å². The first-order valence-corrected chi connectivity index (χ1v) is 8.71. The molecular formula is C20H20N2O4. The molecule has 0 spiro atoms. The Morgan fingerprint density at radius 3 is 2.81 bits per heavy atom. The van der Waals surface area contributed by atoms with Crippen LogP contribution in [0.4, 0.5) is 10.5 Å². The molecule has 0 unspecified atom stereocenters. The number of hydrogen-bond donors (Lipinski definition) is 2. The molecule has 26 heavy (non-hydrogen) atoms. The minimum Gasteiger partial charge on any atom is -0.493 e. The number of ketones is 1. The molecule has 0 aliphatic carbocycles. The first kappa shape index (κ1) is 16.4. The van der Waals surface area contributed by atoms with E-state index in [2.05, 4.69) is 16.7 Å². The van der Waals surface area contributed by atoms with Crippen molar-refractivity contribution in [1.29, 1.82) is 0 Å². The van der Waals surface area contributed by atoms with Gasteiger partial charge in [0.25, 0.3) is 0 Å². The molecule has 0 saturated carbocycles. The molecule has 134 valence electrons. The van der Waals surface area contributed by atoms with Crippen molar-refractivity contribution < 1.29 is 19.1 Å². The van der Waals surface area contributed by atoms with Crippen LogP contribution in [0, 0.1) is 0 Å². The summed E-state index contributed by atoms with van der Waals surface area (Å²) >= 11 is 0. The molecule has 6 heteroatoms. The molecule has 0 saturated heterocycles. The molecule has 2 amide bonds. The van der Waals surface area contributed by atoms with Gasteiger partial charge in [-0.3, -0.25) is 4.79 Å². The third kappa shape index (κ3) is 3.10. The number of hydrogen-bond acceptors (Lipinski definition) is 4. The molecule has 2 aromatic carbocycles. The molecule has 2 aliphatic rings. The van der Waals surface area contributed by atoms with Crippen molar-refractivity contribution in [2.45, 2.75) is 26.3 Å². The second kappa shape index (κ2) is 6.71. The van der Waals surface area contributed by atoms with E-state index in [-0.39, 0.29) is 11.8 Å². The van der Waals surface area contributed by atoms with Gasteiger partial charge in [0.15, 0.2) is 5.78 Å². The second-order valence-corrected chi connectivity index (χ2v) is 6.46. The average molecular weight is 352 g/mol. The molecule has 2 N–H and O–H groups in total. The topological polar surface area (TPSA) is 76.7 Å². The number of fused-ring (bicyclic) bond motifs is 2. The zero-order valence-electron chi connectivity index (χ0n) is 14.6. The van der Waals surface area contributed by atoms with Crippen molar-refractivity contribution in [2.24, 2.45) is 0 Å². The van der Waals surface area contributed by atoms with Gasteiger partial charge in [0.1, 0.15) is 11.5 Å². The Labute approximate surface area is 151 Å². The summed E-state index contributed by atoms with van der Waals surface area (Å²) in [4.78, 5) is 23.7. The Kier molecular flexibility index (Phi) is 4.24. The van der Waals surface area contributed by atoms with E-state index in [1.165, 1.54) is 6.92 Å². The molecule has 4 rings (SSSR count). The minimum atomic E-state index is -0.325. The minimum absolute atomic E-state index is 0.0402. The molecule has 2 aliphatic heterocycles. The monoisotopic (exact) mass is 352 g/mol. The number of nitrogens with one attached hydrogen (secondary N) is 2. The lowest BCUT2D eigenvalue weighted by Gasteiger charge is -2.14. The second-order valence-electron chi connectivity index (χ2n) is 6.46. The highest BCUT2D eigenvalue weighted by atomic mass is 16.5. The van der Waals surface area contributed by atoms with E-state index in [4.69, 9.17) is 9.47 Å². The lowest BCUT2D eigenvalue weighted by molar-refractivity contribution is 0.101. The van der Waals surface area contributed by atoms with Gasteiger partial charge in [-0.15, -0.1) is 0 Å². The van der Waals surface area contributed by atoms with Crippen LogP contribution in [0.5, 0.6) is 11.5 Å². The van der Waals surface area contributed by atoms with Crippen molar-refractivity contribution >= 4 is 17.5 Å². The van der Waals surface area contributed by atoms with Crippen LogP contribution in [0.1, 0.15) is 34.0 Å². The summed E-state index contributed by atoms with van der Waals surface area (Å²) in [5.74, 6) is 1.75. The summed E-state index contributed by atoms with van der Waals surface area (Å²) in [6, 6.07) is 8.61. The Morgan fingerprint density at radius 1 is 1.12 bits per heavy atom. The van der Waals surface area contributed by atoms with Crippen molar-refractivity contribution in [2.75, 3.05) is 18.5 Å². The Balaban J connectivity index is 1.47. The number of urea groups is 1. The van der Waals surface area contributed by atoms with Gasteiger partial charge in [-0.25, -0.2) is 4.79 Å². The van der Waals surface area contributed by atoms with E-state index in [0.717, 1.165) is 41.0 Å². The summed E-state index contributed by atoms with van der Waals surface area (Å²) in [6.07, 6.45) is 1.69. The summed E-state index contributed by atoms with van der Waals surface area (Å²) in [5.41, 5.74) is 4.40. The van der Waals surface area contributed by atoms with E-state index in [9.17, 15) is 9.59 Å². The van der Waals surface area contributed by atoms with Crippen LogP contribution >= 0.6 is 0 Å². The number of Topliss-reactive ketones (excluding diaryl/α,β-unsaturated/α-hetero) is 1. The third-order valence-electron chi connectivity index (χ3n) is 4.71. The van der Waals surface area contributed by atoms with E-state index in [0.29, 0.717) is 31.0 Å². The predicted octanol–water partition coefficient (Wildman–Crippen LogP) is 3.08. The number of anilines is 1. The number of benzene rings is 2.